The topological polar surface area (TPSA) is 61.7 Å². The lowest BCUT2D eigenvalue weighted by molar-refractivity contribution is -0.0218. The third-order valence-electron chi connectivity index (χ3n) is 4.87. The van der Waals surface area contributed by atoms with Crippen LogP contribution in [0.3, 0.4) is 0 Å². The van der Waals surface area contributed by atoms with Crippen molar-refractivity contribution < 1.29 is 14.9 Å². The second-order valence-electron chi connectivity index (χ2n) is 7.44. The molecule has 21 heavy (non-hydrogen) atoms. The summed E-state index contributed by atoms with van der Waals surface area (Å²) in [6, 6.07) is 0. The van der Waals surface area contributed by atoms with Crippen molar-refractivity contribution in [2.75, 3.05) is 19.8 Å². The molecule has 0 amide bonds. The van der Waals surface area contributed by atoms with Gasteiger partial charge in [0.05, 0.1) is 24.9 Å². The van der Waals surface area contributed by atoms with Gasteiger partial charge in [0.1, 0.15) is 0 Å². The van der Waals surface area contributed by atoms with Crippen LogP contribution in [0.4, 0.5) is 0 Å². The number of nitrogens with one attached hydrogen (secondary N) is 1. The lowest BCUT2D eigenvalue weighted by Gasteiger charge is -2.38. The number of β-amino-alcohol motifs (C(OH)–C–C–N with tert-alkyl or cyclic N) is 1. The van der Waals surface area contributed by atoms with E-state index >= 15 is 0 Å². The van der Waals surface area contributed by atoms with Crippen molar-refractivity contribution in [2.24, 2.45) is 11.8 Å². The van der Waals surface area contributed by atoms with Crippen LogP contribution in [0.25, 0.3) is 0 Å². The molecule has 0 aromatic rings. The zero-order chi connectivity index (χ0) is 16.1. The summed E-state index contributed by atoms with van der Waals surface area (Å²) in [6.45, 7) is 11.1. The van der Waals surface area contributed by atoms with E-state index in [-0.39, 0.29) is 0 Å². The first-order valence-electron chi connectivity index (χ1n) is 8.01. The third-order valence-corrected chi connectivity index (χ3v) is 4.87. The summed E-state index contributed by atoms with van der Waals surface area (Å²) in [4.78, 5) is 0. The molecule has 0 radical (unpaired) electrons. The van der Waals surface area contributed by atoms with Gasteiger partial charge in [-0.1, -0.05) is 19.1 Å². The van der Waals surface area contributed by atoms with E-state index in [2.05, 4.69) is 24.4 Å². The summed E-state index contributed by atoms with van der Waals surface area (Å²) in [5, 5.41) is 23.2. The maximum absolute atomic E-state index is 10.1. The average Bonchev–Trinajstić information content (AvgIpc) is 2.37. The van der Waals surface area contributed by atoms with Crippen LogP contribution in [0.1, 0.15) is 47.5 Å². The molecular weight excluding hydrogens is 266 g/mol. The van der Waals surface area contributed by atoms with Crippen LogP contribution in [0.15, 0.2) is 12.2 Å². The van der Waals surface area contributed by atoms with Gasteiger partial charge in [0.2, 0.25) is 0 Å². The van der Waals surface area contributed by atoms with Crippen molar-refractivity contribution in [2.45, 2.75) is 64.7 Å². The number of hydrogen-bond donors (Lipinski definition) is 3. The van der Waals surface area contributed by atoms with Crippen molar-refractivity contribution in [1.29, 1.82) is 0 Å². The van der Waals surface area contributed by atoms with Crippen LogP contribution in [0, 0.1) is 11.8 Å². The highest BCUT2D eigenvalue weighted by molar-refractivity contribution is 4.94. The van der Waals surface area contributed by atoms with E-state index in [1.807, 2.05) is 13.8 Å². The van der Waals surface area contributed by atoms with Gasteiger partial charge in [-0.3, -0.25) is 0 Å². The first-order valence-corrected chi connectivity index (χ1v) is 8.01. The number of rotatable bonds is 8. The van der Waals surface area contributed by atoms with E-state index in [4.69, 9.17) is 4.74 Å². The van der Waals surface area contributed by atoms with E-state index in [1.165, 1.54) is 0 Å². The molecule has 124 valence electrons. The predicted octanol–water partition coefficient (Wildman–Crippen LogP) is 2.11. The smallest absolute Gasteiger partial charge is 0.0897 e. The Morgan fingerprint density at radius 3 is 2.43 bits per heavy atom. The Kier molecular flexibility index (Phi) is 6.85. The molecule has 0 saturated heterocycles. The van der Waals surface area contributed by atoms with E-state index in [0.717, 1.165) is 12.8 Å². The lowest BCUT2D eigenvalue weighted by atomic mass is 9.85. The summed E-state index contributed by atoms with van der Waals surface area (Å²) in [6.07, 6.45) is 6.09. The second kappa shape index (κ2) is 7.73. The minimum absolute atomic E-state index is 0.335. The second-order valence-corrected chi connectivity index (χ2v) is 7.44. The fourth-order valence-corrected chi connectivity index (χ4v) is 2.24. The highest BCUT2D eigenvalue weighted by Crippen LogP contribution is 2.25. The minimum Gasteiger partial charge on any atom is -0.389 e. The van der Waals surface area contributed by atoms with Gasteiger partial charge in [0, 0.05) is 12.1 Å². The monoisotopic (exact) mass is 299 g/mol. The Hall–Kier alpha value is -0.420. The molecule has 0 saturated carbocycles. The zero-order valence-electron chi connectivity index (χ0n) is 14.2. The van der Waals surface area contributed by atoms with Gasteiger partial charge in [0.15, 0.2) is 0 Å². The van der Waals surface area contributed by atoms with Gasteiger partial charge in [-0.05, 0) is 52.4 Å². The molecule has 3 atom stereocenters. The van der Waals surface area contributed by atoms with Crippen molar-refractivity contribution >= 4 is 0 Å². The SMILES string of the molecule is CC1CC=CCC1COCC(O)CNC(C)(C)C(C)(C)O. The number of allylic oxidation sites excluding steroid dienone is 2. The van der Waals surface area contributed by atoms with E-state index in [9.17, 15) is 10.2 Å². The van der Waals surface area contributed by atoms with Gasteiger partial charge in [-0.2, -0.15) is 0 Å². The quantitative estimate of drug-likeness (QED) is 0.601. The van der Waals surface area contributed by atoms with Gasteiger partial charge in [-0.25, -0.2) is 0 Å². The highest BCUT2D eigenvalue weighted by Gasteiger charge is 2.34. The Labute approximate surface area is 129 Å². The summed E-state index contributed by atoms with van der Waals surface area (Å²) < 4.78 is 5.67. The van der Waals surface area contributed by atoms with Gasteiger partial charge in [0.25, 0.3) is 0 Å². The van der Waals surface area contributed by atoms with Crippen molar-refractivity contribution in [3.63, 3.8) is 0 Å². The van der Waals surface area contributed by atoms with E-state index in [0.29, 0.717) is 31.6 Å². The summed E-state index contributed by atoms with van der Waals surface area (Å²) in [7, 11) is 0. The molecule has 1 rings (SSSR count). The first kappa shape index (κ1) is 18.6. The fourth-order valence-electron chi connectivity index (χ4n) is 2.24. The first-order chi connectivity index (χ1) is 9.63. The van der Waals surface area contributed by atoms with Crippen LogP contribution in [-0.4, -0.2) is 47.2 Å². The molecule has 0 aromatic carbocycles. The summed E-state index contributed by atoms with van der Waals surface area (Å²) >= 11 is 0. The standard InChI is InChI=1S/C17H33NO3/c1-13-8-6-7-9-14(13)11-21-12-15(19)10-18-16(2,3)17(4,5)20/h6-7,13-15,18-20H,8-12H2,1-5H3. The average molecular weight is 299 g/mol. The van der Waals surface area contributed by atoms with Crippen LogP contribution in [0.2, 0.25) is 0 Å². The van der Waals surface area contributed by atoms with E-state index < -0.39 is 17.2 Å². The number of ether oxygens (including phenoxy) is 1. The molecule has 3 N–H and O–H groups in total. The molecule has 4 nitrogen and oxygen atoms in total. The Morgan fingerprint density at radius 2 is 1.86 bits per heavy atom. The molecule has 0 spiro atoms. The molecule has 0 aromatic heterocycles. The number of aliphatic hydroxyl groups is 2. The van der Waals surface area contributed by atoms with Crippen molar-refractivity contribution in [3.05, 3.63) is 12.2 Å². The Morgan fingerprint density at radius 1 is 1.24 bits per heavy atom. The van der Waals surface area contributed by atoms with Crippen LogP contribution in [0.5, 0.6) is 0 Å². The molecule has 0 fully saturated rings. The lowest BCUT2D eigenvalue weighted by Crippen LogP contribution is -2.57. The molecule has 0 heterocycles. The largest absolute Gasteiger partial charge is 0.389 e. The normalized spacial score (nSPS) is 25.1. The Balaban J connectivity index is 2.22. The van der Waals surface area contributed by atoms with Gasteiger partial charge >= 0.3 is 0 Å². The molecule has 4 heteroatoms. The van der Waals surface area contributed by atoms with Crippen molar-refractivity contribution in [1.82, 2.24) is 5.32 Å². The molecule has 0 bridgehead atoms. The molecule has 1 aliphatic carbocycles. The van der Waals surface area contributed by atoms with Gasteiger partial charge < -0.3 is 20.3 Å². The maximum atomic E-state index is 10.1. The zero-order valence-corrected chi connectivity index (χ0v) is 14.2. The van der Waals surface area contributed by atoms with Gasteiger partial charge in [-0.15, -0.1) is 0 Å². The van der Waals surface area contributed by atoms with Crippen molar-refractivity contribution in [3.8, 4) is 0 Å². The molecule has 0 aliphatic heterocycles. The van der Waals surface area contributed by atoms with E-state index in [1.54, 1.807) is 13.8 Å². The highest BCUT2D eigenvalue weighted by atomic mass is 16.5. The predicted molar refractivity (Wildman–Crippen MR) is 86.2 cm³/mol. The van der Waals surface area contributed by atoms with Crippen LogP contribution < -0.4 is 5.32 Å². The molecular formula is C17H33NO3. The Bertz CT molecular complexity index is 333. The minimum atomic E-state index is -0.850. The third kappa shape index (κ3) is 6.07. The fraction of sp³-hybridized carbons (Fsp3) is 0.882. The maximum Gasteiger partial charge on any atom is 0.0897 e. The summed E-state index contributed by atoms with van der Waals surface area (Å²) in [5.41, 5.74) is -1.31. The summed E-state index contributed by atoms with van der Waals surface area (Å²) in [5.74, 6) is 1.21. The molecule has 1 aliphatic rings. The number of hydrogen-bond acceptors (Lipinski definition) is 4. The van der Waals surface area contributed by atoms with Crippen LogP contribution in [-0.2, 0) is 4.74 Å². The molecule has 3 unspecified atom stereocenters. The van der Waals surface area contributed by atoms with Crippen LogP contribution >= 0.6 is 0 Å². The number of aliphatic hydroxyl groups excluding tert-OH is 1.